The van der Waals surface area contributed by atoms with E-state index in [9.17, 15) is 0 Å². The molecule has 0 aliphatic heterocycles. The molecule has 3 unspecified atom stereocenters. The molecule has 0 saturated heterocycles. The van der Waals surface area contributed by atoms with Crippen molar-refractivity contribution in [3.05, 3.63) is 11.9 Å². The molecule has 1 aliphatic rings. The fourth-order valence-electron chi connectivity index (χ4n) is 3.84. The van der Waals surface area contributed by atoms with Gasteiger partial charge in [-0.25, -0.2) is 0 Å². The molecule has 4 nitrogen and oxygen atoms in total. The summed E-state index contributed by atoms with van der Waals surface area (Å²) in [7, 11) is 3.82. The van der Waals surface area contributed by atoms with E-state index in [1.165, 1.54) is 37.8 Å². The smallest absolute Gasteiger partial charge is 0.161 e. The third kappa shape index (κ3) is 3.60. The minimum atomic E-state index is 0.350. The molecule has 3 atom stereocenters. The standard InChI is InChI=1S/C17H31N3O/c1-5-10-20-17(15(21-4)12-19-20)16(18-3)14-9-7-8-13(6-2)11-14/h12-14,16,18H,5-11H2,1-4H3. The zero-order chi connectivity index (χ0) is 15.2. The predicted octanol–water partition coefficient (Wildman–Crippen LogP) is 3.78. The number of hydrogen-bond donors (Lipinski definition) is 1. The molecular formula is C17H31N3O. The third-order valence-electron chi connectivity index (χ3n) is 4.98. The van der Waals surface area contributed by atoms with Gasteiger partial charge >= 0.3 is 0 Å². The van der Waals surface area contributed by atoms with Crippen molar-refractivity contribution in [1.29, 1.82) is 0 Å². The zero-order valence-electron chi connectivity index (χ0n) is 14.1. The molecule has 0 bridgehead atoms. The van der Waals surface area contributed by atoms with Gasteiger partial charge in [-0.05, 0) is 38.1 Å². The van der Waals surface area contributed by atoms with E-state index in [2.05, 4.69) is 36.0 Å². The van der Waals surface area contributed by atoms with Gasteiger partial charge in [0.15, 0.2) is 5.75 Å². The monoisotopic (exact) mass is 293 g/mol. The Morgan fingerprint density at radius 3 is 2.86 bits per heavy atom. The highest BCUT2D eigenvalue weighted by atomic mass is 16.5. The highest BCUT2D eigenvalue weighted by Crippen LogP contribution is 2.40. The van der Waals surface area contributed by atoms with Crippen LogP contribution in [0, 0.1) is 11.8 Å². The van der Waals surface area contributed by atoms with Crippen molar-refractivity contribution in [2.45, 2.75) is 65.0 Å². The molecule has 0 aromatic carbocycles. The summed E-state index contributed by atoms with van der Waals surface area (Å²) in [5.41, 5.74) is 1.24. The average Bonchev–Trinajstić information content (AvgIpc) is 2.92. The van der Waals surface area contributed by atoms with Gasteiger partial charge in [-0.15, -0.1) is 0 Å². The first-order valence-corrected chi connectivity index (χ1v) is 8.52. The summed E-state index contributed by atoms with van der Waals surface area (Å²) in [5, 5.41) is 8.08. The zero-order valence-corrected chi connectivity index (χ0v) is 14.1. The second-order valence-corrected chi connectivity index (χ2v) is 6.29. The van der Waals surface area contributed by atoms with Crippen LogP contribution in [0.3, 0.4) is 0 Å². The molecule has 0 radical (unpaired) electrons. The van der Waals surface area contributed by atoms with E-state index >= 15 is 0 Å². The summed E-state index contributed by atoms with van der Waals surface area (Å²) in [6.07, 6.45) is 9.65. The van der Waals surface area contributed by atoms with Crippen molar-refractivity contribution in [2.24, 2.45) is 11.8 Å². The summed E-state index contributed by atoms with van der Waals surface area (Å²) in [6.45, 7) is 5.48. The van der Waals surface area contributed by atoms with Crippen LogP contribution in [0.5, 0.6) is 5.75 Å². The van der Waals surface area contributed by atoms with Gasteiger partial charge in [0.2, 0.25) is 0 Å². The van der Waals surface area contributed by atoms with Crippen molar-refractivity contribution in [2.75, 3.05) is 14.2 Å². The third-order valence-corrected chi connectivity index (χ3v) is 4.98. The number of hydrogen-bond acceptors (Lipinski definition) is 3. The molecule has 0 spiro atoms. The maximum atomic E-state index is 5.58. The van der Waals surface area contributed by atoms with Gasteiger partial charge in [0.25, 0.3) is 0 Å². The minimum absolute atomic E-state index is 0.350. The molecule has 1 aromatic heterocycles. The van der Waals surface area contributed by atoms with Gasteiger partial charge < -0.3 is 10.1 Å². The first kappa shape index (κ1) is 16.3. The molecule has 4 heteroatoms. The summed E-state index contributed by atoms with van der Waals surface area (Å²) in [4.78, 5) is 0. The maximum absolute atomic E-state index is 5.58. The van der Waals surface area contributed by atoms with E-state index in [1.54, 1.807) is 7.11 Å². The predicted molar refractivity (Wildman–Crippen MR) is 86.6 cm³/mol. The van der Waals surface area contributed by atoms with Crippen LogP contribution in [0.15, 0.2) is 6.20 Å². The fraction of sp³-hybridized carbons (Fsp3) is 0.824. The topological polar surface area (TPSA) is 39.1 Å². The number of aryl methyl sites for hydroxylation is 1. The maximum Gasteiger partial charge on any atom is 0.161 e. The molecular weight excluding hydrogens is 262 g/mol. The van der Waals surface area contributed by atoms with Crippen LogP contribution in [0.2, 0.25) is 0 Å². The molecule has 1 fully saturated rings. The Bertz CT molecular complexity index is 430. The lowest BCUT2D eigenvalue weighted by molar-refractivity contribution is 0.206. The largest absolute Gasteiger partial charge is 0.493 e. The van der Waals surface area contributed by atoms with Gasteiger partial charge in [-0.2, -0.15) is 5.10 Å². The number of rotatable bonds is 7. The number of ether oxygens (including phenoxy) is 1. The van der Waals surface area contributed by atoms with Crippen LogP contribution >= 0.6 is 0 Å². The first-order valence-electron chi connectivity index (χ1n) is 8.52. The SMILES string of the molecule is CCCn1ncc(OC)c1C(NC)C1CCCC(CC)C1. The lowest BCUT2D eigenvalue weighted by Gasteiger charge is -2.34. The van der Waals surface area contributed by atoms with E-state index in [0.717, 1.165) is 24.6 Å². The Hall–Kier alpha value is -1.03. The second-order valence-electron chi connectivity index (χ2n) is 6.29. The van der Waals surface area contributed by atoms with E-state index < -0.39 is 0 Å². The normalized spacial score (nSPS) is 24.0. The average molecular weight is 293 g/mol. The molecule has 21 heavy (non-hydrogen) atoms. The van der Waals surface area contributed by atoms with E-state index in [-0.39, 0.29) is 0 Å². The van der Waals surface area contributed by atoms with Gasteiger partial charge in [-0.3, -0.25) is 4.68 Å². The molecule has 2 rings (SSSR count). The lowest BCUT2D eigenvalue weighted by atomic mass is 9.76. The van der Waals surface area contributed by atoms with Crippen LogP contribution in [-0.2, 0) is 6.54 Å². The highest BCUT2D eigenvalue weighted by molar-refractivity contribution is 5.29. The Balaban J connectivity index is 2.25. The number of aromatic nitrogens is 2. The van der Waals surface area contributed by atoms with Crippen molar-refractivity contribution in [3.63, 3.8) is 0 Å². The Morgan fingerprint density at radius 1 is 1.43 bits per heavy atom. The van der Waals surface area contributed by atoms with E-state index in [0.29, 0.717) is 12.0 Å². The van der Waals surface area contributed by atoms with Crippen LogP contribution in [-0.4, -0.2) is 23.9 Å². The summed E-state index contributed by atoms with van der Waals surface area (Å²) in [6, 6.07) is 0.350. The van der Waals surface area contributed by atoms with Crippen molar-refractivity contribution in [1.82, 2.24) is 15.1 Å². The second kappa shape index (κ2) is 7.83. The molecule has 120 valence electrons. The first-order chi connectivity index (χ1) is 10.2. The van der Waals surface area contributed by atoms with Gasteiger partial charge in [0.1, 0.15) is 0 Å². The molecule has 1 heterocycles. The van der Waals surface area contributed by atoms with E-state index in [4.69, 9.17) is 4.74 Å². The van der Waals surface area contributed by atoms with Gasteiger partial charge in [0, 0.05) is 6.54 Å². The minimum Gasteiger partial charge on any atom is -0.493 e. The molecule has 1 aromatic rings. The Kier molecular flexibility index (Phi) is 6.09. The van der Waals surface area contributed by atoms with Crippen molar-refractivity contribution in [3.8, 4) is 5.75 Å². The number of methoxy groups -OCH3 is 1. The van der Waals surface area contributed by atoms with Gasteiger partial charge in [0.05, 0.1) is 25.0 Å². The summed E-state index contributed by atoms with van der Waals surface area (Å²) < 4.78 is 7.71. The van der Waals surface area contributed by atoms with Crippen molar-refractivity contribution < 1.29 is 4.74 Å². The van der Waals surface area contributed by atoms with Crippen LogP contribution < -0.4 is 10.1 Å². The molecule has 1 N–H and O–H groups in total. The Morgan fingerprint density at radius 2 is 2.24 bits per heavy atom. The summed E-state index contributed by atoms with van der Waals surface area (Å²) >= 11 is 0. The lowest BCUT2D eigenvalue weighted by Crippen LogP contribution is -2.31. The fourth-order valence-corrected chi connectivity index (χ4v) is 3.84. The van der Waals surface area contributed by atoms with Crippen LogP contribution in [0.25, 0.3) is 0 Å². The van der Waals surface area contributed by atoms with E-state index in [1.807, 2.05) is 6.20 Å². The highest BCUT2D eigenvalue weighted by Gasteiger charge is 2.32. The number of nitrogens with zero attached hydrogens (tertiary/aromatic N) is 2. The van der Waals surface area contributed by atoms with Crippen LogP contribution in [0.4, 0.5) is 0 Å². The molecule has 1 aliphatic carbocycles. The Labute approximate surface area is 129 Å². The number of nitrogens with one attached hydrogen (secondary N) is 1. The van der Waals surface area contributed by atoms with Crippen LogP contribution in [0.1, 0.15) is 64.1 Å². The molecule has 0 amide bonds. The van der Waals surface area contributed by atoms with Gasteiger partial charge in [-0.1, -0.05) is 33.1 Å². The quantitative estimate of drug-likeness (QED) is 0.831. The van der Waals surface area contributed by atoms with Crippen molar-refractivity contribution >= 4 is 0 Å². The molecule has 1 saturated carbocycles. The summed E-state index contributed by atoms with van der Waals surface area (Å²) in [5.74, 6) is 2.50.